The Bertz CT molecular complexity index is 398. The molecule has 0 bridgehead atoms. The number of hydrogen-bond donors (Lipinski definition) is 3. The minimum atomic E-state index is -0.812. The van der Waals surface area contributed by atoms with E-state index in [1.54, 1.807) is 12.1 Å². The van der Waals surface area contributed by atoms with Crippen LogP contribution in [0, 0.1) is 0 Å². The molecule has 0 aromatic heterocycles. The minimum Gasteiger partial charge on any atom is -0.481 e. The van der Waals surface area contributed by atoms with Gasteiger partial charge in [0, 0.05) is 12.2 Å². The van der Waals surface area contributed by atoms with Crippen LogP contribution >= 0.6 is 0 Å². The highest BCUT2D eigenvalue weighted by atomic mass is 16.4. The van der Waals surface area contributed by atoms with E-state index in [-0.39, 0.29) is 0 Å². The number of hydrogen-bond acceptors (Lipinski definition) is 3. The maximum atomic E-state index is 11.5. The minimum absolute atomic E-state index is 0.478. The van der Waals surface area contributed by atoms with E-state index in [0.717, 1.165) is 18.5 Å². The van der Waals surface area contributed by atoms with Gasteiger partial charge in [-0.15, -0.1) is 0 Å². The molecule has 16 heavy (non-hydrogen) atoms. The lowest BCUT2D eigenvalue weighted by molar-refractivity contribution is -0.144. The van der Waals surface area contributed by atoms with E-state index >= 15 is 0 Å². The molecule has 1 saturated heterocycles. The quantitative estimate of drug-likeness (QED) is 0.649. The number of carbonyl (C=O) groups is 1. The summed E-state index contributed by atoms with van der Waals surface area (Å²) in [6.07, 6.45) is 1.54. The molecule has 4 N–H and O–H groups in total. The van der Waals surface area contributed by atoms with Crippen LogP contribution < -0.4 is 11.1 Å². The van der Waals surface area contributed by atoms with Crippen molar-refractivity contribution in [1.29, 1.82) is 0 Å². The second kappa shape index (κ2) is 4.14. The molecule has 1 fully saturated rings. The molecule has 1 unspecified atom stereocenters. The molecule has 0 saturated carbocycles. The fraction of sp³-hybridized carbons (Fsp3) is 0.417. The molecule has 1 aliphatic heterocycles. The molecular formula is C12H16N2O2. The Morgan fingerprint density at radius 2 is 2.31 bits per heavy atom. The molecule has 0 amide bonds. The molecule has 1 aliphatic rings. The first-order chi connectivity index (χ1) is 7.65. The van der Waals surface area contributed by atoms with Crippen molar-refractivity contribution in [2.24, 2.45) is 0 Å². The first-order valence-electron chi connectivity index (χ1n) is 5.45. The van der Waals surface area contributed by atoms with Gasteiger partial charge < -0.3 is 16.2 Å². The molecule has 4 heteroatoms. The average Bonchev–Trinajstić information content (AvgIpc) is 2.30. The molecular weight excluding hydrogens is 204 g/mol. The number of rotatable bonds is 2. The Kier molecular flexibility index (Phi) is 2.83. The number of anilines is 1. The van der Waals surface area contributed by atoms with Crippen LogP contribution in [0.4, 0.5) is 5.69 Å². The van der Waals surface area contributed by atoms with E-state index in [0.29, 0.717) is 18.7 Å². The SMILES string of the molecule is Nc1cccc(C2(C(=O)O)CCCNC2)c1. The van der Waals surface area contributed by atoms with Gasteiger partial charge in [-0.2, -0.15) is 0 Å². The Labute approximate surface area is 94.5 Å². The highest BCUT2D eigenvalue weighted by Gasteiger charge is 2.41. The van der Waals surface area contributed by atoms with Crippen LogP contribution in [0.1, 0.15) is 18.4 Å². The van der Waals surface area contributed by atoms with E-state index < -0.39 is 11.4 Å². The average molecular weight is 220 g/mol. The van der Waals surface area contributed by atoms with Crippen molar-refractivity contribution in [2.45, 2.75) is 18.3 Å². The number of nitrogens with two attached hydrogens (primary N) is 1. The highest BCUT2D eigenvalue weighted by molar-refractivity contribution is 5.82. The summed E-state index contributed by atoms with van der Waals surface area (Å²) >= 11 is 0. The predicted octanol–water partition coefficient (Wildman–Crippen LogP) is 0.975. The zero-order valence-corrected chi connectivity index (χ0v) is 9.07. The van der Waals surface area contributed by atoms with Gasteiger partial charge in [0.25, 0.3) is 0 Å². The lowest BCUT2D eigenvalue weighted by atomic mass is 9.74. The van der Waals surface area contributed by atoms with Gasteiger partial charge in [-0.1, -0.05) is 12.1 Å². The first-order valence-corrected chi connectivity index (χ1v) is 5.45. The van der Waals surface area contributed by atoms with Crippen molar-refractivity contribution in [3.8, 4) is 0 Å². The van der Waals surface area contributed by atoms with Crippen molar-refractivity contribution in [3.63, 3.8) is 0 Å². The summed E-state index contributed by atoms with van der Waals surface area (Å²) in [7, 11) is 0. The lowest BCUT2D eigenvalue weighted by Gasteiger charge is -2.34. The lowest BCUT2D eigenvalue weighted by Crippen LogP contribution is -2.49. The summed E-state index contributed by atoms with van der Waals surface area (Å²) in [5, 5.41) is 12.6. The number of nitrogens with one attached hydrogen (secondary N) is 1. The zero-order valence-electron chi connectivity index (χ0n) is 9.07. The number of piperidine rings is 1. The van der Waals surface area contributed by atoms with Gasteiger partial charge in [-0.25, -0.2) is 0 Å². The predicted molar refractivity (Wildman–Crippen MR) is 62.3 cm³/mol. The standard InChI is InChI=1S/C12H16N2O2/c13-10-4-1-3-9(7-10)12(11(15)16)5-2-6-14-8-12/h1,3-4,7,14H,2,5-6,8,13H2,(H,15,16). The van der Waals surface area contributed by atoms with Crippen LogP contribution in [-0.4, -0.2) is 24.2 Å². The number of benzene rings is 1. The largest absolute Gasteiger partial charge is 0.481 e. The normalized spacial score (nSPS) is 25.2. The van der Waals surface area contributed by atoms with Crippen LogP contribution in [0.2, 0.25) is 0 Å². The molecule has 1 aromatic carbocycles. The van der Waals surface area contributed by atoms with E-state index in [4.69, 9.17) is 5.73 Å². The summed E-state index contributed by atoms with van der Waals surface area (Å²) in [6, 6.07) is 7.19. The number of carboxylic acids is 1. The maximum absolute atomic E-state index is 11.5. The van der Waals surface area contributed by atoms with Crippen molar-refractivity contribution in [1.82, 2.24) is 5.32 Å². The molecule has 2 rings (SSSR count). The second-order valence-corrected chi connectivity index (χ2v) is 4.29. The van der Waals surface area contributed by atoms with Gasteiger partial charge in [0.15, 0.2) is 0 Å². The van der Waals surface area contributed by atoms with E-state index in [1.165, 1.54) is 0 Å². The Morgan fingerprint density at radius 3 is 2.88 bits per heavy atom. The smallest absolute Gasteiger partial charge is 0.315 e. The van der Waals surface area contributed by atoms with E-state index in [9.17, 15) is 9.90 Å². The van der Waals surface area contributed by atoms with Gasteiger partial charge in [0.05, 0.1) is 0 Å². The van der Waals surface area contributed by atoms with Crippen LogP contribution in [0.3, 0.4) is 0 Å². The van der Waals surface area contributed by atoms with Crippen LogP contribution in [0.15, 0.2) is 24.3 Å². The van der Waals surface area contributed by atoms with Gasteiger partial charge in [-0.3, -0.25) is 4.79 Å². The second-order valence-electron chi connectivity index (χ2n) is 4.29. The summed E-state index contributed by atoms with van der Waals surface area (Å²) in [6.45, 7) is 1.36. The first kappa shape index (κ1) is 11.0. The van der Waals surface area contributed by atoms with E-state index in [1.807, 2.05) is 12.1 Å². The molecule has 0 aliphatic carbocycles. The molecule has 4 nitrogen and oxygen atoms in total. The number of aliphatic carboxylic acids is 1. The zero-order chi connectivity index (χ0) is 11.6. The fourth-order valence-electron chi connectivity index (χ4n) is 2.29. The highest BCUT2D eigenvalue weighted by Crippen LogP contribution is 2.32. The number of carboxylic acid groups (broad SMARTS) is 1. The van der Waals surface area contributed by atoms with Gasteiger partial charge in [0.1, 0.15) is 5.41 Å². The Morgan fingerprint density at radius 1 is 1.50 bits per heavy atom. The van der Waals surface area contributed by atoms with Crippen molar-refractivity contribution in [2.75, 3.05) is 18.8 Å². The summed E-state index contributed by atoms with van der Waals surface area (Å²) in [5.74, 6) is -0.773. The van der Waals surface area contributed by atoms with Gasteiger partial charge in [-0.05, 0) is 37.1 Å². The van der Waals surface area contributed by atoms with Crippen LogP contribution in [0.25, 0.3) is 0 Å². The van der Waals surface area contributed by atoms with Gasteiger partial charge in [0.2, 0.25) is 0 Å². The third kappa shape index (κ3) is 1.76. The fourth-order valence-corrected chi connectivity index (χ4v) is 2.29. The third-order valence-electron chi connectivity index (χ3n) is 3.23. The molecule has 86 valence electrons. The molecule has 1 heterocycles. The molecule has 0 radical (unpaired) electrons. The Hall–Kier alpha value is -1.55. The van der Waals surface area contributed by atoms with Crippen molar-refractivity contribution < 1.29 is 9.90 Å². The molecule has 0 spiro atoms. The van der Waals surface area contributed by atoms with Crippen LogP contribution in [-0.2, 0) is 10.2 Å². The Balaban J connectivity index is 2.42. The van der Waals surface area contributed by atoms with Crippen molar-refractivity contribution in [3.05, 3.63) is 29.8 Å². The van der Waals surface area contributed by atoms with Crippen LogP contribution in [0.5, 0.6) is 0 Å². The van der Waals surface area contributed by atoms with Gasteiger partial charge >= 0.3 is 5.97 Å². The van der Waals surface area contributed by atoms with E-state index in [2.05, 4.69) is 5.32 Å². The summed E-state index contributed by atoms with van der Waals surface area (Å²) < 4.78 is 0. The van der Waals surface area contributed by atoms with Crippen molar-refractivity contribution >= 4 is 11.7 Å². The monoisotopic (exact) mass is 220 g/mol. The summed E-state index contributed by atoms with van der Waals surface area (Å²) in [4.78, 5) is 11.5. The summed E-state index contributed by atoms with van der Waals surface area (Å²) in [5.41, 5.74) is 6.31. The maximum Gasteiger partial charge on any atom is 0.315 e. The third-order valence-corrected chi connectivity index (χ3v) is 3.23. The molecule has 1 atom stereocenters. The number of nitrogen functional groups attached to an aromatic ring is 1. The topological polar surface area (TPSA) is 75.4 Å². The molecule has 1 aromatic rings.